The van der Waals surface area contributed by atoms with Crippen molar-refractivity contribution < 1.29 is 0 Å². The number of para-hydroxylation sites is 1. The van der Waals surface area contributed by atoms with Crippen molar-refractivity contribution in [3.05, 3.63) is 30.3 Å². The number of nitrogens with zero attached hydrogens (tertiary/aromatic N) is 2. The summed E-state index contributed by atoms with van der Waals surface area (Å²) in [5.74, 6) is 0. The van der Waals surface area contributed by atoms with Crippen LogP contribution in [0.15, 0.2) is 30.3 Å². The van der Waals surface area contributed by atoms with Crippen LogP contribution in [0.4, 0.5) is 5.69 Å². The fourth-order valence-electron chi connectivity index (χ4n) is 3.13. The molecule has 1 atom stereocenters. The van der Waals surface area contributed by atoms with E-state index in [1.54, 1.807) is 0 Å². The molecule has 0 aliphatic carbocycles. The number of hydrogen-bond acceptors (Lipinski definition) is 3. The first-order chi connectivity index (χ1) is 8.93. The minimum absolute atomic E-state index is 0.775. The summed E-state index contributed by atoms with van der Waals surface area (Å²) in [6.07, 6.45) is 2.71. The summed E-state index contributed by atoms with van der Waals surface area (Å²) >= 11 is 0. The summed E-state index contributed by atoms with van der Waals surface area (Å²) < 4.78 is 0. The van der Waals surface area contributed by atoms with Crippen LogP contribution in [-0.4, -0.2) is 50.2 Å². The molecule has 0 spiro atoms. The van der Waals surface area contributed by atoms with E-state index in [1.165, 1.54) is 57.8 Å². The highest BCUT2D eigenvalue weighted by Gasteiger charge is 2.24. The van der Waals surface area contributed by atoms with Crippen LogP contribution in [0, 0.1) is 0 Å². The van der Waals surface area contributed by atoms with Gasteiger partial charge >= 0.3 is 0 Å². The standard InChI is InChI=1S/C15H23N3/c1-2-5-14(6-3-1)17-9-11-18(12-10-17)15-7-4-8-16-13-15/h1-3,5-6,15-16H,4,7-13H2/t15-/m0/s1. The van der Waals surface area contributed by atoms with Gasteiger partial charge in [0.2, 0.25) is 0 Å². The molecule has 1 aromatic carbocycles. The Labute approximate surface area is 110 Å². The molecule has 2 aliphatic heterocycles. The number of piperidine rings is 1. The number of nitrogens with one attached hydrogen (secondary N) is 1. The van der Waals surface area contributed by atoms with Crippen LogP contribution in [0.2, 0.25) is 0 Å². The van der Waals surface area contributed by atoms with Crippen LogP contribution in [0.25, 0.3) is 0 Å². The third-order valence-corrected chi connectivity index (χ3v) is 4.22. The summed E-state index contributed by atoms with van der Waals surface area (Å²) in [5.41, 5.74) is 1.37. The van der Waals surface area contributed by atoms with Crippen LogP contribution < -0.4 is 10.2 Å². The van der Waals surface area contributed by atoms with E-state index in [-0.39, 0.29) is 0 Å². The maximum atomic E-state index is 3.52. The maximum Gasteiger partial charge on any atom is 0.0367 e. The number of piperazine rings is 1. The van der Waals surface area contributed by atoms with Gasteiger partial charge in [-0.05, 0) is 31.5 Å². The summed E-state index contributed by atoms with van der Waals surface area (Å²) in [4.78, 5) is 5.18. The van der Waals surface area contributed by atoms with E-state index in [1.807, 2.05) is 0 Å². The van der Waals surface area contributed by atoms with Gasteiger partial charge in [-0.25, -0.2) is 0 Å². The van der Waals surface area contributed by atoms with Crippen LogP contribution >= 0.6 is 0 Å². The molecule has 0 amide bonds. The molecule has 18 heavy (non-hydrogen) atoms. The van der Waals surface area contributed by atoms with Gasteiger partial charge in [0.15, 0.2) is 0 Å². The highest BCUT2D eigenvalue weighted by Crippen LogP contribution is 2.18. The Morgan fingerprint density at radius 3 is 2.44 bits per heavy atom. The Morgan fingerprint density at radius 2 is 1.78 bits per heavy atom. The van der Waals surface area contributed by atoms with E-state index in [0.717, 1.165) is 6.04 Å². The van der Waals surface area contributed by atoms with Gasteiger partial charge in [0.25, 0.3) is 0 Å². The zero-order valence-electron chi connectivity index (χ0n) is 11.0. The van der Waals surface area contributed by atoms with Crippen molar-refractivity contribution in [3.8, 4) is 0 Å². The average Bonchev–Trinajstić information content (AvgIpc) is 2.49. The quantitative estimate of drug-likeness (QED) is 0.853. The van der Waals surface area contributed by atoms with Crippen molar-refractivity contribution in [3.63, 3.8) is 0 Å². The number of anilines is 1. The van der Waals surface area contributed by atoms with Crippen LogP contribution in [0.3, 0.4) is 0 Å². The minimum Gasteiger partial charge on any atom is -0.369 e. The van der Waals surface area contributed by atoms with Crippen molar-refractivity contribution in [2.24, 2.45) is 0 Å². The predicted octanol–water partition coefficient (Wildman–Crippen LogP) is 1.56. The lowest BCUT2D eigenvalue weighted by molar-refractivity contribution is 0.157. The van der Waals surface area contributed by atoms with Gasteiger partial charge in [-0.3, -0.25) is 4.90 Å². The predicted molar refractivity (Wildman–Crippen MR) is 76.1 cm³/mol. The minimum atomic E-state index is 0.775. The molecule has 0 saturated carbocycles. The van der Waals surface area contributed by atoms with E-state index in [2.05, 4.69) is 45.4 Å². The van der Waals surface area contributed by atoms with Gasteiger partial charge in [0.05, 0.1) is 0 Å². The lowest BCUT2D eigenvalue weighted by atomic mass is 10.0. The van der Waals surface area contributed by atoms with Crippen molar-refractivity contribution in [2.45, 2.75) is 18.9 Å². The first kappa shape index (κ1) is 12.0. The molecule has 0 aromatic heterocycles. The fraction of sp³-hybridized carbons (Fsp3) is 0.600. The molecule has 2 heterocycles. The molecule has 2 aliphatic rings. The molecule has 1 N–H and O–H groups in total. The van der Waals surface area contributed by atoms with Crippen LogP contribution in [0.5, 0.6) is 0 Å². The largest absolute Gasteiger partial charge is 0.369 e. The molecule has 3 heteroatoms. The lowest BCUT2D eigenvalue weighted by Gasteiger charge is -2.41. The molecule has 98 valence electrons. The molecule has 1 aromatic rings. The van der Waals surface area contributed by atoms with Crippen molar-refractivity contribution in [1.29, 1.82) is 0 Å². The van der Waals surface area contributed by atoms with Crippen molar-refractivity contribution >= 4 is 5.69 Å². The van der Waals surface area contributed by atoms with E-state index in [0.29, 0.717) is 0 Å². The summed E-state index contributed by atoms with van der Waals surface area (Å²) in [6.45, 7) is 7.15. The monoisotopic (exact) mass is 245 g/mol. The van der Waals surface area contributed by atoms with E-state index in [9.17, 15) is 0 Å². The lowest BCUT2D eigenvalue weighted by Crippen LogP contribution is -2.54. The van der Waals surface area contributed by atoms with E-state index >= 15 is 0 Å². The molecule has 3 nitrogen and oxygen atoms in total. The Morgan fingerprint density at radius 1 is 1.00 bits per heavy atom. The van der Waals surface area contributed by atoms with E-state index < -0.39 is 0 Å². The SMILES string of the molecule is c1ccc(N2CCN([C@H]3CCCNC3)CC2)cc1. The molecule has 3 rings (SSSR count). The van der Waals surface area contributed by atoms with Gasteiger partial charge in [0.1, 0.15) is 0 Å². The average molecular weight is 245 g/mol. The van der Waals surface area contributed by atoms with Gasteiger partial charge in [-0.2, -0.15) is 0 Å². The summed E-state index contributed by atoms with van der Waals surface area (Å²) in [6, 6.07) is 11.6. The topological polar surface area (TPSA) is 18.5 Å². The number of rotatable bonds is 2. The maximum absolute atomic E-state index is 3.52. The fourth-order valence-corrected chi connectivity index (χ4v) is 3.13. The zero-order chi connectivity index (χ0) is 12.2. The van der Waals surface area contributed by atoms with Crippen LogP contribution in [0.1, 0.15) is 12.8 Å². The molecule has 2 saturated heterocycles. The summed E-state index contributed by atoms with van der Waals surface area (Å²) in [7, 11) is 0. The molecule has 0 radical (unpaired) electrons. The molecular weight excluding hydrogens is 222 g/mol. The highest BCUT2D eigenvalue weighted by molar-refractivity contribution is 5.46. The van der Waals surface area contributed by atoms with Crippen molar-refractivity contribution in [1.82, 2.24) is 10.2 Å². The third kappa shape index (κ3) is 2.68. The second-order valence-electron chi connectivity index (χ2n) is 5.36. The Hall–Kier alpha value is -1.06. The van der Waals surface area contributed by atoms with Gasteiger partial charge in [-0.15, -0.1) is 0 Å². The normalized spacial score (nSPS) is 26.2. The van der Waals surface area contributed by atoms with Crippen molar-refractivity contribution in [2.75, 3.05) is 44.2 Å². The first-order valence-corrected chi connectivity index (χ1v) is 7.18. The summed E-state index contributed by atoms with van der Waals surface area (Å²) in [5, 5.41) is 3.52. The van der Waals surface area contributed by atoms with Gasteiger partial charge < -0.3 is 10.2 Å². The third-order valence-electron chi connectivity index (χ3n) is 4.22. The number of hydrogen-bond donors (Lipinski definition) is 1. The van der Waals surface area contributed by atoms with Gasteiger partial charge in [-0.1, -0.05) is 18.2 Å². The zero-order valence-corrected chi connectivity index (χ0v) is 11.0. The molecular formula is C15H23N3. The Bertz CT molecular complexity index is 351. The smallest absolute Gasteiger partial charge is 0.0367 e. The Balaban J connectivity index is 1.54. The number of benzene rings is 1. The van der Waals surface area contributed by atoms with E-state index in [4.69, 9.17) is 0 Å². The van der Waals surface area contributed by atoms with Gasteiger partial charge in [0, 0.05) is 44.5 Å². The molecule has 0 unspecified atom stereocenters. The molecule has 2 fully saturated rings. The highest BCUT2D eigenvalue weighted by atomic mass is 15.3. The van der Waals surface area contributed by atoms with Crippen LogP contribution in [-0.2, 0) is 0 Å². The second-order valence-corrected chi connectivity index (χ2v) is 5.36. The Kier molecular flexibility index (Phi) is 3.81. The first-order valence-electron chi connectivity index (χ1n) is 7.18. The molecule has 0 bridgehead atoms. The second kappa shape index (κ2) is 5.72.